The fourth-order valence-electron chi connectivity index (χ4n) is 4.50. The standard InChI is InChI=1S/C24H28N4O4/c25-17-11-13-27(14-12-17)22(30)8-3-1-2-5-16-6-4-7-18-19(16)15-28(24(18)32)20-9-10-21(29)26-23(20)31/h4,6-7,17,20H,1,3,8-15,25H2,(H,26,29,31). The minimum atomic E-state index is -0.635. The lowest BCUT2D eigenvalue weighted by molar-refractivity contribution is -0.137. The van der Waals surface area contributed by atoms with Crippen molar-refractivity contribution in [2.45, 2.75) is 63.6 Å². The lowest BCUT2D eigenvalue weighted by Crippen LogP contribution is -2.52. The van der Waals surface area contributed by atoms with Gasteiger partial charge < -0.3 is 15.5 Å². The summed E-state index contributed by atoms with van der Waals surface area (Å²) in [4.78, 5) is 52.2. The molecule has 3 N–H and O–H groups in total. The van der Waals surface area contributed by atoms with Crippen LogP contribution in [0.5, 0.6) is 0 Å². The van der Waals surface area contributed by atoms with Gasteiger partial charge >= 0.3 is 0 Å². The lowest BCUT2D eigenvalue weighted by atomic mass is 10.0. The zero-order chi connectivity index (χ0) is 22.7. The highest BCUT2D eigenvalue weighted by molar-refractivity contribution is 6.05. The second kappa shape index (κ2) is 9.53. The lowest BCUT2D eigenvalue weighted by Gasteiger charge is -2.30. The van der Waals surface area contributed by atoms with E-state index < -0.39 is 11.9 Å². The monoisotopic (exact) mass is 436 g/mol. The van der Waals surface area contributed by atoms with Crippen LogP contribution in [0.25, 0.3) is 0 Å². The van der Waals surface area contributed by atoms with Crippen LogP contribution in [-0.4, -0.2) is 58.6 Å². The van der Waals surface area contributed by atoms with E-state index in [0.717, 1.165) is 37.1 Å². The molecule has 0 radical (unpaired) electrons. The van der Waals surface area contributed by atoms with Gasteiger partial charge in [0, 0.05) is 56.1 Å². The summed E-state index contributed by atoms with van der Waals surface area (Å²) in [5, 5.41) is 2.31. The van der Waals surface area contributed by atoms with Crippen molar-refractivity contribution in [1.29, 1.82) is 0 Å². The van der Waals surface area contributed by atoms with Gasteiger partial charge in [-0.3, -0.25) is 24.5 Å². The highest BCUT2D eigenvalue weighted by Crippen LogP contribution is 2.29. The number of fused-ring (bicyclic) bond motifs is 1. The maximum atomic E-state index is 12.9. The van der Waals surface area contributed by atoms with Gasteiger partial charge in [-0.15, -0.1) is 0 Å². The van der Waals surface area contributed by atoms with Crippen molar-refractivity contribution in [3.05, 3.63) is 34.9 Å². The first kappa shape index (κ1) is 22.0. The van der Waals surface area contributed by atoms with Crippen LogP contribution in [0.3, 0.4) is 0 Å². The molecule has 3 aliphatic heterocycles. The fourth-order valence-corrected chi connectivity index (χ4v) is 4.50. The molecule has 3 heterocycles. The molecule has 0 aliphatic carbocycles. The first-order chi connectivity index (χ1) is 15.4. The van der Waals surface area contributed by atoms with Crippen molar-refractivity contribution in [1.82, 2.24) is 15.1 Å². The molecule has 0 bridgehead atoms. The summed E-state index contributed by atoms with van der Waals surface area (Å²) in [5.41, 5.74) is 8.03. The molecule has 8 nitrogen and oxygen atoms in total. The van der Waals surface area contributed by atoms with Crippen LogP contribution in [0.4, 0.5) is 0 Å². The van der Waals surface area contributed by atoms with Crippen molar-refractivity contribution < 1.29 is 19.2 Å². The minimum absolute atomic E-state index is 0.157. The van der Waals surface area contributed by atoms with Crippen molar-refractivity contribution in [3.63, 3.8) is 0 Å². The van der Waals surface area contributed by atoms with E-state index in [9.17, 15) is 19.2 Å². The van der Waals surface area contributed by atoms with E-state index >= 15 is 0 Å². The van der Waals surface area contributed by atoms with Crippen LogP contribution in [0.2, 0.25) is 0 Å². The molecule has 1 aromatic rings. The van der Waals surface area contributed by atoms with Crippen molar-refractivity contribution in [2.75, 3.05) is 13.1 Å². The minimum Gasteiger partial charge on any atom is -0.343 e. The van der Waals surface area contributed by atoms with E-state index in [1.165, 1.54) is 4.90 Å². The molecular formula is C24H28N4O4. The van der Waals surface area contributed by atoms with Crippen molar-refractivity contribution >= 4 is 23.6 Å². The van der Waals surface area contributed by atoms with Crippen LogP contribution in [-0.2, 0) is 20.9 Å². The van der Waals surface area contributed by atoms with E-state index in [1.807, 2.05) is 11.0 Å². The Hall–Kier alpha value is -3.18. The number of piperidine rings is 2. The Balaban J connectivity index is 1.34. The predicted molar refractivity (Wildman–Crippen MR) is 117 cm³/mol. The molecule has 0 spiro atoms. The first-order valence-electron chi connectivity index (χ1n) is 11.2. The summed E-state index contributed by atoms with van der Waals surface area (Å²) >= 11 is 0. The summed E-state index contributed by atoms with van der Waals surface area (Å²) in [6, 6.07) is 4.98. The number of hydrogen-bond acceptors (Lipinski definition) is 5. The van der Waals surface area contributed by atoms with Gasteiger partial charge in [-0.2, -0.15) is 0 Å². The number of benzene rings is 1. The normalized spacial score (nSPS) is 21.2. The maximum Gasteiger partial charge on any atom is 0.255 e. The number of unbranched alkanes of at least 4 members (excludes halogenated alkanes) is 1. The summed E-state index contributed by atoms with van der Waals surface area (Å²) in [6.45, 7) is 1.78. The smallest absolute Gasteiger partial charge is 0.255 e. The van der Waals surface area contributed by atoms with Gasteiger partial charge in [0.25, 0.3) is 5.91 Å². The third kappa shape index (κ3) is 4.68. The van der Waals surface area contributed by atoms with E-state index in [4.69, 9.17) is 5.73 Å². The molecular weight excluding hydrogens is 408 g/mol. The maximum absolute atomic E-state index is 12.9. The number of hydrogen-bond donors (Lipinski definition) is 2. The Bertz CT molecular complexity index is 1000. The second-order valence-corrected chi connectivity index (χ2v) is 8.61. The van der Waals surface area contributed by atoms with Gasteiger partial charge in [-0.05, 0) is 43.4 Å². The topological polar surface area (TPSA) is 113 Å². The Morgan fingerprint density at radius 2 is 1.94 bits per heavy atom. The zero-order valence-electron chi connectivity index (χ0n) is 18.1. The molecule has 3 aliphatic rings. The van der Waals surface area contributed by atoms with Crippen LogP contribution >= 0.6 is 0 Å². The Morgan fingerprint density at radius 3 is 2.69 bits per heavy atom. The van der Waals surface area contributed by atoms with E-state index in [1.54, 1.807) is 12.1 Å². The van der Waals surface area contributed by atoms with Gasteiger partial charge in [-0.25, -0.2) is 0 Å². The number of nitrogens with two attached hydrogens (primary N) is 1. The molecule has 1 atom stereocenters. The summed E-state index contributed by atoms with van der Waals surface area (Å²) < 4.78 is 0. The number of nitrogens with one attached hydrogen (secondary N) is 1. The number of imide groups is 1. The zero-order valence-corrected chi connectivity index (χ0v) is 18.1. The number of carbonyl (C=O) groups excluding carboxylic acids is 4. The molecule has 1 aromatic carbocycles. The molecule has 32 heavy (non-hydrogen) atoms. The average molecular weight is 437 g/mol. The van der Waals surface area contributed by atoms with Crippen molar-refractivity contribution in [2.24, 2.45) is 5.73 Å². The Kier molecular flexibility index (Phi) is 6.56. The molecule has 0 saturated carbocycles. The van der Waals surface area contributed by atoms with Crippen molar-refractivity contribution in [3.8, 4) is 11.8 Å². The van der Waals surface area contributed by atoms with E-state index in [-0.39, 0.29) is 30.2 Å². The highest BCUT2D eigenvalue weighted by Gasteiger charge is 2.39. The molecule has 168 valence electrons. The average Bonchev–Trinajstić information content (AvgIpc) is 3.11. The molecule has 8 heteroatoms. The molecule has 4 rings (SSSR count). The number of nitrogens with zero attached hydrogens (tertiary/aromatic N) is 2. The number of amides is 4. The highest BCUT2D eigenvalue weighted by atomic mass is 16.2. The summed E-state index contributed by atoms with van der Waals surface area (Å²) in [6.07, 6.45) is 4.03. The molecule has 4 amide bonds. The van der Waals surface area contributed by atoms with Crippen LogP contribution in [0.15, 0.2) is 18.2 Å². The SMILES string of the molecule is NC1CCN(C(=O)CCCC#Cc2cccc3c2CN(C2CCC(=O)NC2=O)C3=O)CC1. The van der Waals surface area contributed by atoms with Crippen LogP contribution in [0.1, 0.15) is 66.4 Å². The molecule has 2 saturated heterocycles. The largest absolute Gasteiger partial charge is 0.343 e. The van der Waals surface area contributed by atoms with Gasteiger partial charge in [0.05, 0.1) is 0 Å². The third-order valence-electron chi connectivity index (χ3n) is 6.39. The number of rotatable bonds is 4. The predicted octanol–water partition coefficient (Wildman–Crippen LogP) is 0.919. The molecule has 0 aromatic heterocycles. The fraction of sp³-hybridized carbons (Fsp3) is 0.500. The van der Waals surface area contributed by atoms with Crippen LogP contribution in [0, 0.1) is 11.8 Å². The second-order valence-electron chi connectivity index (χ2n) is 8.61. The molecule has 2 fully saturated rings. The Morgan fingerprint density at radius 1 is 1.16 bits per heavy atom. The van der Waals surface area contributed by atoms with Crippen LogP contribution < -0.4 is 11.1 Å². The summed E-state index contributed by atoms with van der Waals surface area (Å²) in [7, 11) is 0. The Labute approximate surface area is 187 Å². The third-order valence-corrected chi connectivity index (χ3v) is 6.39. The number of carbonyl (C=O) groups is 4. The van der Waals surface area contributed by atoms with Gasteiger partial charge in [-0.1, -0.05) is 17.9 Å². The van der Waals surface area contributed by atoms with E-state index in [0.29, 0.717) is 37.8 Å². The first-order valence-corrected chi connectivity index (χ1v) is 11.2. The summed E-state index contributed by atoms with van der Waals surface area (Å²) in [5.74, 6) is 5.50. The quantitative estimate of drug-likeness (QED) is 0.414. The molecule has 1 unspecified atom stereocenters. The van der Waals surface area contributed by atoms with Gasteiger partial charge in [0.2, 0.25) is 17.7 Å². The van der Waals surface area contributed by atoms with Gasteiger partial charge in [0.1, 0.15) is 6.04 Å². The van der Waals surface area contributed by atoms with E-state index in [2.05, 4.69) is 17.2 Å². The number of likely N-dealkylation sites (tertiary alicyclic amines) is 1. The van der Waals surface area contributed by atoms with Gasteiger partial charge in [0.15, 0.2) is 0 Å².